The third-order valence-corrected chi connectivity index (χ3v) is 16.9. The number of hydrogen-bond acceptors (Lipinski definition) is 4. The molecule has 0 saturated heterocycles. The molecule has 0 aromatic heterocycles. The molecule has 4 unspecified atom stereocenters. The fourth-order valence-electron chi connectivity index (χ4n) is 13.8. The number of aliphatic hydroxyl groups is 1. The van der Waals surface area contributed by atoms with E-state index in [2.05, 4.69) is 58.8 Å². The van der Waals surface area contributed by atoms with Crippen molar-refractivity contribution in [2.45, 2.75) is 125 Å². The van der Waals surface area contributed by atoms with E-state index in [0.29, 0.717) is 41.3 Å². The molecule has 4 N–H and O–H groups in total. The number of carbonyl (C=O) groups excluding carboxylic acids is 2. The number of aromatic carboxylic acids is 1. The van der Waals surface area contributed by atoms with E-state index in [1.807, 2.05) is 6.07 Å². The molecule has 5 fully saturated rings. The summed E-state index contributed by atoms with van der Waals surface area (Å²) in [5.41, 5.74) is 2.45. The minimum atomic E-state index is -1.36. The maximum atomic E-state index is 14.7. The van der Waals surface area contributed by atoms with Crippen LogP contribution < -0.4 is 10.6 Å². The summed E-state index contributed by atoms with van der Waals surface area (Å²) >= 11 is 0. The van der Waals surface area contributed by atoms with E-state index in [0.717, 1.165) is 63.0 Å². The number of halogens is 1. The van der Waals surface area contributed by atoms with Gasteiger partial charge in [-0.1, -0.05) is 65.0 Å². The number of carbonyl (C=O) groups is 3. The van der Waals surface area contributed by atoms with E-state index in [9.17, 15) is 29.0 Å². The summed E-state index contributed by atoms with van der Waals surface area (Å²) in [6.07, 6.45) is 10.2. The van der Waals surface area contributed by atoms with Gasteiger partial charge in [0.25, 0.3) is 5.91 Å². The summed E-state index contributed by atoms with van der Waals surface area (Å²) in [5.74, 6) is -0.282. The van der Waals surface area contributed by atoms with E-state index in [1.165, 1.54) is 30.5 Å². The summed E-state index contributed by atoms with van der Waals surface area (Å²) in [4.78, 5) is 39.1. The van der Waals surface area contributed by atoms with Gasteiger partial charge in [-0.2, -0.15) is 0 Å². The zero-order valence-electron chi connectivity index (χ0n) is 33.2. The van der Waals surface area contributed by atoms with Crippen LogP contribution in [0.15, 0.2) is 54.6 Å². The molecule has 5 saturated carbocycles. The van der Waals surface area contributed by atoms with Crippen molar-refractivity contribution < 1.29 is 29.0 Å². The van der Waals surface area contributed by atoms with E-state index in [4.69, 9.17) is 0 Å². The SMILES string of the molecule is C=C(C)[C@@H]1CC[C@]2(C(=O)NCc3cccc(C(=O)NCc4ccc(F)c(C(=O)O)c4)c3)CC[C@]3(C)C(CCC4[C@@]5(C)CC[C@H](O)C(C)(C)C5CC[C@]43C)C12. The number of nitrogens with one attached hydrogen (secondary N) is 2. The minimum absolute atomic E-state index is 0.0506. The van der Waals surface area contributed by atoms with Gasteiger partial charge in [0.2, 0.25) is 5.91 Å². The summed E-state index contributed by atoms with van der Waals surface area (Å²) < 4.78 is 13.9. The zero-order chi connectivity index (χ0) is 39.0. The van der Waals surface area contributed by atoms with Gasteiger partial charge in [0.1, 0.15) is 5.82 Å². The molecule has 0 bridgehead atoms. The third-order valence-electron chi connectivity index (χ3n) is 16.9. The molecule has 2 aromatic rings. The lowest BCUT2D eigenvalue weighted by Gasteiger charge is -2.72. The maximum Gasteiger partial charge on any atom is 0.338 e. The monoisotopic (exact) mass is 740 g/mol. The fraction of sp³-hybridized carbons (Fsp3) is 0.630. The topological polar surface area (TPSA) is 116 Å². The molecule has 10 atom stereocenters. The number of amides is 2. The molecule has 5 aliphatic carbocycles. The van der Waals surface area contributed by atoms with Gasteiger partial charge < -0.3 is 20.8 Å². The Balaban J connectivity index is 1.08. The largest absolute Gasteiger partial charge is 0.478 e. The highest BCUT2D eigenvalue weighted by Gasteiger charge is 2.71. The van der Waals surface area contributed by atoms with Crippen molar-refractivity contribution in [3.8, 4) is 0 Å². The number of carboxylic acids is 1. The first kappa shape index (κ1) is 38.7. The lowest BCUT2D eigenvalue weighted by Crippen LogP contribution is -2.67. The highest BCUT2D eigenvalue weighted by atomic mass is 19.1. The zero-order valence-corrected chi connectivity index (χ0v) is 33.2. The van der Waals surface area contributed by atoms with E-state index >= 15 is 0 Å². The van der Waals surface area contributed by atoms with Crippen molar-refractivity contribution in [1.82, 2.24) is 10.6 Å². The smallest absolute Gasteiger partial charge is 0.338 e. The van der Waals surface area contributed by atoms with Crippen molar-refractivity contribution in [3.05, 3.63) is 82.7 Å². The first-order chi connectivity index (χ1) is 25.4. The number of fused-ring (bicyclic) bond motifs is 7. The van der Waals surface area contributed by atoms with Crippen molar-refractivity contribution in [3.63, 3.8) is 0 Å². The van der Waals surface area contributed by atoms with Crippen LogP contribution in [0.1, 0.15) is 138 Å². The van der Waals surface area contributed by atoms with Crippen molar-refractivity contribution in [2.75, 3.05) is 0 Å². The molecule has 2 aromatic carbocycles. The Hall–Kier alpha value is -3.52. The third kappa shape index (κ3) is 5.87. The molecule has 5 aliphatic rings. The van der Waals surface area contributed by atoms with Crippen LogP contribution in [0.25, 0.3) is 0 Å². The Labute approximate surface area is 321 Å². The van der Waals surface area contributed by atoms with Gasteiger partial charge in [-0.25, -0.2) is 9.18 Å². The van der Waals surface area contributed by atoms with Gasteiger partial charge in [0.15, 0.2) is 0 Å². The summed E-state index contributed by atoms with van der Waals surface area (Å²) in [5, 5.41) is 26.5. The summed E-state index contributed by atoms with van der Waals surface area (Å²) in [7, 11) is 0. The van der Waals surface area contributed by atoms with Crippen LogP contribution >= 0.6 is 0 Å². The van der Waals surface area contributed by atoms with Crippen LogP contribution in [-0.4, -0.2) is 34.1 Å². The molecule has 292 valence electrons. The van der Waals surface area contributed by atoms with Gasteiger partial charge >= 0.3 is 5.97 Å². The Morgan fingerprint density at radius 1 is 0.815 bits per heavy atom. The fourth-order valence-corrected chi connectivity index (χ4v) is 13.8. The average Bonchev–Trinajstić information content (AvgIpc) is 3.53. The molecule has 2 amide bonds. The quantitative estimate of drug-likeness (QED) is 0.202. The normalized spacial score (nSPS) is 37.9. The number of aliphatic hydroxyl groups excluding tert-OH is 1. The average molecular weight is 741 g/mol. The van der Waals surface area contributed by atoms with Crippen LogP contribution in [0.5, 0.6) is 0 Å². The van der Waals surface area contributed by atoms with Gasteiger partial charge in [-0.15, -0.1) is 0 Å². The molecule has 0 spiro atoms. The molecule has 54 heavy (non-hydrogen) atoms. The Bertz CT molecular complexity index is 1860. The molecule has 7 nitrogen and oxygen atoms in total. The molecule has 0 radical (unpaired) electrons. The number of benzene rings is 2. The highest BCUT2D eigenvalue weighted by molar-refractivity contribution is 5.94. The first-order valence-corrected chi connectivity index (χ1v) is 20.4. The molecule has 7 rings (SSSR count). The van der Waals surface area contributed by atoms with E-state index in [1.54, 1.807) is 18.2 Å². The predicted octanol–water partition coefficient (Wildman–Crippen LogP) is 9.09. The van der Waals surface area contributed by atoms with Crippen LogP contribution in [0.3, 0.4) is 0 Å². The Morgan fingerprint density at radius 2 is 1.54 bits per heavy atom. The summed E-state index contributed by atoms with van der Waals surface area (Å²) in [6, 6.07) is 11.0. The van der Waals surface area contributed by atoms with Crippen LogP contribution in [0.4, 0.5) is 4.39 Å². The van der Waals surface area contributed by atoms with Gasteiger partial charge in [0, 0.05) is 18.7 Å². The van der Waals surface area contributed by atoms with Crippen molar-refractivity contribution in [1.29, 1.82) is 0 Å². The van der Waals surface area contributed by atoms with Gasteiger partial charge in [-0.3, -0.25) is 9.59 Å². The summed E-state index contributed by atoms with van der Waals surface area (Å²) in [6.45, 7) is 19.4. The Morgan fingerprint density at radius 3 is 2.26 bits per heavy atom. The van der Waals surface area contributed by atoms with E-state index in [-0.39, 0.29) is 52.0 Å². The molecule has 0 heterocycles. The van der Waals surface area contributed by atoms with Crippen molar-refractivity contribution in [2.24, 2.45) is 56.7 Å². The van der Waals surface area contributed by atoms with E-state index < -0.39 is 22.8 Å². The van der Waals surface area contributed by atoms with Crippen LogP contribution in [0, 0.1) is 62.5 Å². The second-order valence-electron chi connectivity index (χ2n) is 19.4. The maximum absolute atomic E-state index is 14.7. The molecular formula is C46H61FN2O5. The predicted molar refractivity (Wildman–Crippen MR) is 208 cm³/mol. The second kappa shape index (κ2) is 13.6. The highest BCUT2D eigenvalue weighted by Crippen LogP contribution is 2.77. The lowest BCUT2D eigenvalue weighted by molar-refractivity contribution is -0.246. The number of hydrogen-bond donors (Lipinski definition) is 4. The first-order valence-electron chi connectivity index (χ1n) is 20.4. The van der Waals surface area contributed by atoms with Crippen LogP contribution in [0.2, 0.25) is 0 Å². The number of rotatable bonds is 8. The van der Waals surface area contributed by atoms with Crippen LogP contribution in [-0.2, 0) is 17.9 Å². The number of allylic oxidation sites excluding steroid dienone is 1. The van der Waals surface area contributed by atoms with Crippen molar-refractivity contribution >= 4 is 17.8 Å². The second-order valence-corrected chi connectivity index (χ2v) is 19.4. The minimum Gasteiger partial charge on any atom is -0.478 e. The molecule has 8 heteroatoms. The van der Waals surface area contributed by atoms with Gasteiger partial charge in [0.05, 0.1) is 17.1 Å². The lowest BCUT2D eigenvalue weighted by atomic mass is 9.32. The number of carboxylic acid groups (broad SMARTS) is 1. The van der Waals surface area contributed by atoms with Gasteiger partial charge in [-0.05, 0) is 158 Å². The Kier molecular flexibility index (Phi) is 9.76. The molecule has 0 aliphatic heterocycles. The molecular weight excluding hydrogens is 680 g/mol. The standard InChI is InChI=1S/C46H61FN2O5/c1-27(2)31-15-20-46(41(54)49-26-28-9-8-10-30(23-28)39(51)48-25-29-11-13-34(47)32(24-29)40(52)53)22-21-44(6)33(38(31)46)12-14-36-43(5)18-17-37(50)42(3,4)35(43)16-19-45(36,44)7/h8-11,13,23-24,31,33,35-38,50H,1,12,14-22,25-26H2,2-7H3,(H,48,51)(H,49,54)(H,52,53)/t31-,33?,35?,36?,37-,38?,43-,44+,45+,46-/m0/s1.